The number of nitriles is 4. The first kappa shape index (κ1) is 28.9. The summed E-state index contributed by atoms with van der Waals surface area (Å²) >= 11 is 0. The Labute approximate surface area is 197 Å². The Bertz CT molecular complexity index is 761. The number of rotatable bonds is 8. The van der Waals surface area contributed by atoms with Gasteiger partial charge in [0.05, 0.1) is 24.3 Å². The molecule has 1 heterocycles. The van der Waals surface area contributed by atoms with Crippen molar-refractivity contribution in [1.29, 1.82) is 21.0 Å². The van der Waals surface area contributed by atoms with Gasteiger partial charge in [-0.3, -0.25) is 0 Å². The molecule has 176 valence electrons. The Kier molecular flexibility index (Phi) is 10.7. The molecule has 0 N–H and O–H groups in total. The second kappa shape index (κ2) is 11.8. The molecule has 32 heavy (non-hydrogen) atoms. The van der Waals surface area contributed by atoms with Crippen LogP contribution in [-0.2, 0) is 20.6 Å². The van der Waals surface area contributed by atoms with Crippen molar-refractivity contribution in [2.75, 3.05) is 0 Å². The Hall–Kier alpha value is -1.16. The van der Waals surface area contributed by atoms with Crippen molar-refractivity contribution in [1.82, 2.24) is 0 Å². The minimum Gasteiger partial charge on any atom is -0.416 e. The van der Waals surface area contributed by atoms with E-state index in [0.717, 1.165) is 0 Å². The molecule has 9 nitrogen and oxygen atoms in total. The number of nitrogens with zero attached hydrogens (tertiary/aromatic N) is 4. The first-order valence-corrected chi connectivity index (χ1v) is 23.7. The van der Waals surface area contributed by atoms with Gasteiger partial charge >= 0.3 is 42.8 Å². The van der Waals surface area contributed by atoms with Gasteiger partial charge in [0.15, 0.2) is 0 Å². The zero-order valence-corrected chi connectivity index (χ0v) is 25.0. The third kappa shape index (κ3) is 9.37. The van der Waals surface area contributed by atoms with Crippen LogP contribution in [0.5, 0.6) is 0 Å². The Morgan fingerprint density at radius 3 is 0.875 bits per heavy atom. The fourth-order valence-electron chi connectivity index (χ4n) is 4.05. The van der Waals surface area contributed by atoms with Crippen molar-refractivity contribution in [2.45, 2.75) is 89.1 Å². The van der Waals surface area contributed by atoms with E-state index < -0.39 is 42.8 Å². The van der Waals surface area contributed by atoms with Crippen molar-refractivity contribution in [3.8, 4) is 24.3 Å². The van der Waals surface area contributed by atoms with Gasteiger partial charge in [0, 0.05) is 49.9 Å². The summed E-state index contributed by atoms with van der Waals surface area (Å²) in [6, 6.07) is 10.6. The van der Waals surface area contributed by atoms with Crippen LogP contribution in [0.2, 0.25) is 63.5 Å². The maximum atomic E-state index is 9.24. The van der Waals surface area contributed by atoms with E-state index in [2.05, 4.69) is 24.3 Å². The van der Waals surface area contributed by atoms with E-state index in [0.29, 0.717) is 37.0 Å². The second-order valence-electron chi connectivity index (χ2n) is 9.08. The van der Waals surface area contributed by atoms with Gasteiger partial charge in [-0.05, 0) is 39.3 Å². The molecule has 14 heteroatoms. The lowest BCUT2D eigenvalue weighted by atomic mass is 10.6. The molecule has 1 saturated heterocycles. The molecular weight excluding hydrogens is 493 g/mol. The maximum absolute atomic E-state index is 9.24. The smallest absolute Gasteiger partial charge is 0.318 e. The highest BCUT2D eigenvalue weighted by atomic mass is 28.5. The highest BCUT2D eigenvalue weighted by Gasteiger charge is 2.55. The molecule has 1 rings (SSSR count). The summed E-state index contributed by atoms with van der Waals surface area (Å²) in [6.45, 7) is 11.6. The van der Waals surface area contributed by atoms with Crippen LogP contribution in [0.4, 0.5) is 0 Å². The van der Waals surface area contributed by atoms with Gasteiger partial charge in [-0.2, -0.15) is 21.0 Å². The van der Waals surface area contributed by atoms with Crippen molar-refractivity contribution >= 4 is 42.8 Å². The molecule has 0 radical (unpaired) electrons. The summed E-state index contributed by atoms with van der Waals surface area (Å²) in [4.78, 5) is 0. The van der Waals surface area contributed by atoms with E-state index in [1.54, 1.807) is 0 Å². The zero-order chi connectivity index (χ0) is 24.5. The summed E-state index contributed by atoms with van der Waals surface area (Å²) in [7, 11) is -14.5. The molecule has 1 aliphatic rings. The number of hydrogen-bond acceptors (Lipinski definition) is 9. The van der Waals surface area contributed by atoms with Crippen LogP contribution in [0.25, 0.3) is 0 Å². The lowest BCUT2D eigenvalue weighted by molar-refractivity contribution is 0.226. The van der Waals surface area contributed by atoms with E-state index in [9.17, 15) is 21.0 Å². The third-order valence-electron chi connectivity index (χ3n) is 4.98. The van der Waals surface area contributed by atoms with Crippen LogP contribution in [0, 0.1) is 45.3 Å². The lowest BCUT2D eigenvalue weighted by Crippen LogP contribution is -2.66. The van der Waals surface area contributed by atoms with Crippen LogP contribution in [0.1, 0.15) is 25.7 Å². The first-order valence-electron chi connectivity index (χ1n) is 10.8. The normalized spacial score (nSPS) is 34.9. The summed E-state index contributed by atoms with van der Waals surface area (Å²) in [6.07, 6.45) is 1.13. The molecule has 0 saturated carbocycles. The SMILES string of the molecule is C[Si]1(C)O[Si](C)(CCC#N)O[Si](C)(CCC#N)O[Si](C)(CCC#N)O[Si](C)(CCC#N)O1. The highest BCUT2D eigenvalue weighted by molar-refractivity contribution is 6.94. The van der Waals surface area contributed by atoms with Gasteiger partial charge < -0.3 is 20.6 Å². The van der Waals surface area contributed by atoms with Crippen molar-refractivity contribution in [3.05, 3.63) is 0 Å². The molecule has 0 aromatic heterocycles. The predicted molar refractivity (Wildman–Crippen MR) is 130 cm³/mol. The van der Waals surface area contributed by atoms with Crippen molar-refractivity contribution in [2.24, 2.45) is 0 Å². The highest BCUT2D eigenvalue weighted by Crippen LogP contribution is 2.37. The standard InChI is InChI=1S/C18H34N4O5Si5/c1-28(2)23-29(3,15-7-11-19)25-31(5,17-9-13-21)27-32(6,18-10-14-22)26-30(4,24-28)16-8-12-20/h7-10,15-18H2,1-6H3. The van der Waals surface area contributed by atoms with E-state index in [1.807, 2.05) is 39.3 Å². The largest absolute Gasteiger partial charge is 0.416 e. The van der Waals surface area contributed by atoms with E-state index in [1.165, 1.54) is 0 Å². The third-order valence-corrected chi connectivity index (χ3v) is 27.4. The van der Waals surface area contributed by atoms with Crippen LogP contribution in [0.15, 0.2) is 0 Å². The molecule has 0 aromatic rings. The molecule has 4 unspecified atom stereocenters. The molecule has 0 amide bonds. The Morgan fingerprint density at radius 1 is 0.438 bits per heavy atom. The molecule has 0 spiro atoms. The van der Waals surface area contributed by atoms with Gasteiger partial charge in [-0.25, -0.2) is 0 Å². The van der Waals surface area contributed by atoms with E-state index in [-0.39, 0.29) is 12.8 Å². The van der Waals surface area contributed by atoms with Gasteiger partial charge in [-0.15, -0.1) is 0 Å². The molecule has 0 aliphatic carbocycles. The Balaban J connectivity index is 3.57. The summed E-state index contributed by atoms with van der Waals surface area (Å²) in [5.41, 5.74) is 0. The molecule has 0 bridgehead atoms. The van der Waals surface area contributed by atoms with Crippen molar-refractivity contribution < 1.29 is 20.6 Å². The molecule has 1 aliphatic heterocycles. The minimum atomic E-state index is -2.97. The average molecular weight is 527 g/mol. The monoisotopic (exact) mass is 526 g/mol. The van der Waals surface area contributed by atoms with Gasteiger partial charge in [0.1, 0.15) is 0 Å². The second-order valence-corrected chi connectivity index (χ2v) is 27.0. The van der Waals surface area contributed by atoms with Crippen LogP contribution in [0.3, 0.4) is 0 Å². The van der Waals surface area contributed by atoms with Crippen LogP contribution < -0.4 is 0 Å². The predicted octanol–water partition coefficient (Wildman–Crippen LogP) is 4.73. The maximum Gasteiger partial charge on any atom is 0.318 e. The lowest BCUT2D eigenvalue weighted by Gasteiger charge is -2.49. The fourth-order valence-corrected chi connectivity index (χ4v) is 31.6. The summed E-state index contributed by atoms with van der Waals surface area (Å²) < 4.78 is 33.3. The fraction of sp³-hybridized carbons (Fsp3) is 0.778. The van der Waals surface area contributed by atoms with Gasteiger partial charge in [0.2, 0.25) is 0 Å². The summed E-state index contributed by atoms with van der Waals surface area (Å²) in [5, 5.41) is 36.9. The topological polar surface area (TPSA) is 141 Å². The summed E-state index contributed by atoms with van der Waals surface area (Å²) in [5.74, 6) is 0. The zero-order valence-electron chi connectivity index (χ0n) is 20.0. The van der Waals surface area contributed by atoms with Gasteiger partial charge in [0.25, 0.3) is 0 Å². The van der Waals surface area contributed by atoms with Gasteiger partial charge in [-0.1, -0.05) is 0 Å². The molecule has 0 aromatic carbocycles. The molecule has 1 fully saturated rings. The quantitative estimate of drug-likeness (QED) is 0.410. The number of hydrogen-bond donors (Lipinski definition) is 0. The molecule has 4 atom stereocenters. The molecular formula is C18H34N4O5Si5. The van der Waals surface area contributed by atoms with Crippen LogP contribution >= 0.6 is 0 Å². The minimum absolute atomic E-state index is 0.272. The van der Waals surface area contributed by atoms with Crippen LogP contribution in [-0.4, -0.2) is 42.8 Å². The average Bonchev–Trinajstić information content (AvgIpc) is 2.65. The van der Waals surface area contributed by atoms with E-state index in [4.69, 9.17) is 20.6 Å². The first-order chi connectivity index (χ1) is 14.8. The Morgan fingerprint density at radius 2 is 0.656 bits per heavy atom. The van der Waals surface area contributed by atoms with Crippen molar-refractivity contribution in [3.63, 3.8) is 0 Å². The van der Waals surface area contributed by atoms with E-state index >= 15 is 0 Å².